The van der Waals surface area contributed by atoms with E-state index in [9.17, 15) is 9.59 Å². The van der Waals surface area contributed by atoms with Crippen LogP contribution in [0.3, 0.4) is 0 Å². The third kappa shape index (κ3) is 4.90. The molecule has 5 nitrogen and oxygen atoms in total. The van der Waals surface area contributed by atoms with E-state index < -0.39 is 6.04 Å². The molecule has 1 saturated heterocycles. The summed E-state index contributed by atoms with van der Waals surface area (Å²) in [6, 6.07) is 5.48. The number of thioether (sulfide) groups is 1. The summed E-state index contributed by atoms with van der Waals surface area (Å²) in [6.07, 6.45) is 0. The number of rotatable bonds is 4. The number of ether oxygens (including phenoxy) is 1. The molecule has 1 atom stereocenters. The van der Waals surface area contributed by atoms with Crippen LogP contribution in [0.4, 0.5) is 0 Å². The van der Waals surface area contributed by atoms with Gasteiger partial charge in [0.25, 0.3) is 5.91 Å². The molecule has 0 spiro atoms. The van der Waals surface area contributed by atoms with Gasteiger partial charge in [0.1, 0.15) is 11.8 Å². The monoisotopic (exact) mass is 350 g/mol. The molecular formula is C18H26N2O3S. The molecule has 24 heavy (non-hydrogen) atoms. The predicted octanol–water partition coefficient (Wildman–Crippen LogP) is 2.50. The molecule has 0 bridgehead atoms. The van der Waals surface area contributed by atoms with Gasteiger partial charge in [0.2, 0.25) is 5.91 Å². The van der Waals surface area contributed by atoms with E-state index in [4.69, 9.17) is 4.74 Å². The van der Waals surface area contributed by atoms with Crippen molar-refractivity contribution >= 4 is 23.6 Å². The van der Waals surface area contributed by atoms with Crippen LogP contribution in [0, 0.1) is 13.8 Å². The van der Waals surface area contributed by atoms with Crippen LogP contribution in [-0.4, -0.2) is 46.5 Å². The highest BCUT2D eigenvalue weighted by atomic mass is 32.2. The first-order valence-corrected chi connectivity index (χ1v) is 9.22. The quantitative estimate of drug-likeness (QED) is 0.906. The van der Waals surface area contributed by atoms with Crippen molar-refractivity contribution in [3.05, 3.63) is 29.3 Å². The van der Waals surface area contributed by atoms with Gasteiger partial charge in [-0.2, -0.15) is 0 Å². The Morgan fingerprint density at radius 3 is 2.71 bits per heavy atom. The number of carbonyl (C=O) groups excluding carboxylic acids is 2. The number of nitrogens with zero attached hydrogens (tertiary/aromatic N) is 1. The Morgan fingerprint density at radius 2 is 2.04 bits per heavy atom. The average Bonchev–Trinajstić information content (AvgIpc) is 2.96. The van der Waals surface area contributed by atoms with E-state index in [0.29, 0.717) is 17.4 Å². The highest BCUT2D eigenvalue weighted by Crippen LogP contribution is 2.23. The van der Waals surface area contributed by atoms with E-state index in [1.54, 1.807) is 16.7 Å². The minimum atomic E-state index is -0.427. The lowest BCUT2D eigenvalue weighted by Crippen LogP contribution is -2.53. The molecule has 0 saturated carbocycles. The van der Waals surface area contributed by atoms with Gasteiger partial charge in [-0.05, 0) is 51.8 Å². The fourth-order valence-electron chi connectivity index (χ4n) is 2.44. The summed E-state index contributed by atoms with van der Waals surface area (Å²) in [7, 11) is 0. The molecule has 0 aromatic heterocycles. The SMILES string of the molecule is Cc1ccc(C)c(OCC(=O)N2CSCC2C(=O)NC(C)(C)C)c1. The van der Waals surface area contributed by atoms with Crippen LogP contribution in [0.15, 0.2) is 18.2 Å². The number of nitrogens with one attached hydrogen (secondary N) is 1. The first kappa shape index (κ1) is 18.6. The summed E-state index contributed by atoms with van der Waals surface area (Å²) in [5.74, 6) is 1.60. The lowest BCUT2D eigenvalue weighted by molar-refractivity contribution is -0.140. The summed E-state index contributed by atoms with van der Waals surface area (Å²) >= 11 is 1.59. The highest BCUT2D eigenvalue weighted by molar-refractivity contribution is 7.99. The fraction of sp³-hybridized carbons (Fsp3) is 0.556. The lowest BCUT2D eigenvalue weighted by atomic mass is 10.1. The van der Waals surface area contributed by atoms with Crippen LogP contribution in [0.25, 0.3) is 0 Å². The Balaban J connectivity index is 1.98. The van der Waals surface area contributed by atoms with Crippen molar-refractivity contribution in [3.8, 4) is 5.75 Å². The Kier molecular flexibility index (Phi) is 5.80. The summed E-state index contributed by atoms with van der Waals surface area (Å²) < 4.78 is 5.69. The van der Waals surface area contributed by atoms with Crippen molar-refractivity contribution in [2.24, 2.45) is 0 Å². The zero-order valence-electron chi connectivity index (χ0n) is 15.0. The molecule has 6 heteroatoms. The maximum Gasteiger partial charge on any atom is 0.261 e. The topological polar surface area (TPSA) is 58.6 Å². The first-order valence-electron chi connectivity index (χ1n) is 8.06. The van der Waals surface area contributed by atoms with Crippen molar-refractivity contribution in [2.75, 3.05) is 18.2 Å². The van der Waals surface area contributed by atoms with E-state index >= 15 is 0 Å². The van der Waals surface area contributed by atoms with Gasteiger partial charge in [-0.3, -0.25) is 9.59 Å². The van der Waals surface area contributed by atoms with Crippen molar-refractivity contribution in [3.63, 3.8) is 0 Å². The molecule has 1 heterocycles. The van der Waals surface area contributed by atoms with Crippen LogP contribution in [-0.2, 0) is 9.59 Å². The molecule has 1 aliphatic heterocycles. The second-order valence-electron chi connectivity index (χ2n) is 7.18. The second kappa shape index (κ2) is 7.47. The average molecular weight is 350 g/mol. The third-order valence-corrected chi connectivity index (χ3v) is 4.71. The zero-order valence-corrected chi connectivity index (χ0v) is 15.8. The molecule has 0 radical (unpaired) electrons. The Hall–Kier alpha value is -1.69. The zero-order chi connectivity index (χ0) is 17.9. The van der Waals surface area contributed by atoms with Gasteiger partial charge in [0, 0.05) is 11.3 Å². The van der Waals surface area contributed by atoms with Crippen molar-refractivity contribution < 1.29 is 14.3 Å². The van der Waals surface area contributed by atoms with Crippen LogP contribution >= 0.6 is 11.8 Å². The van der Waals surface area contributed by atoms with Crippen molar-refractivity contribution in [1.82, 2.24) is 10.2 Å². The maximum absolute atomic E-state index is 12.5. The largest absolute Gasteiger partial charge is 0.483 e. The number of hydrogen-bond donors (Lipinski definition) is 1. The van der Waals surface area contributed by atoms with E-state index in [2.05, 4.69) is 5.32 Å². The first-order chi connectivity index (χ1) is 11.2. The molecule has 132 valence electrons. The van der Waals surface area contributed by atoms with E-state index in [1.807, 2.05) is 52.8 Å². The molecule has 2 rings (SSSR count). The number of aryl methyl sites for hydroxylation is 2. The Labute approximate surface area is 148 Å². The summed E-state index contributed by atoms with van der Waals surface area (Å²) in [4.78, 5) is 26.5. The predicted molar refractivity (Wildman–Crippen MR) is 97.3 cm³/mol. The van der Waals surface area contributed by atoms with Crippen LogP contribution in [0.2, 0.25) is 0 Å². The number of carbonyl (C=O) groups is 2. The summed E-state index contributed by atoms with van der Waals surface area (Å²) in [5, 5.41) is 2.95. The summed E-state index contributed by atoms with van der Waals surface area (Å²) in [5.41, 5.74) is 1.77. The highest BCUT2D eigenvalue weighted by Gasteiger charge is 2.36. The van der Waals surface area contributed by atoms with Crippen molar-refractivity contribution in [2.45, 2.75) is 46.2 Å². The smallest absolute Gasteiger partial charge is 0.261 e. The van der Waals surface area contributed by atoms with E-state index in [1.165, 1.54) is 0 Å². The number of benzene rings is 1. The van der Waals surface area contributed by atoms with Gasteiger partial charge in [0.15, 0.2) is 6.61 Å². The molecule has 1 aliphatic rings. The molecule has 1 N–H and O–H groups in total. The maximum atomic E-state index is 12.5. The fourth-order valence-corrected chi connectivity index (χ4v) is 3.62. The molecule has 1 aromatic carbocycles. The van der Waals surface area contributed by atoms with Crippen LogP contribution in [0.1, 0.15) is 31.9 Å². The standard InChI is InChI=1S/C18H26N2O3S/c1-12-6-7-13(2)15(8-12)23-9-16(21)20-11-24-10-14(20)17(22)19-18(3,4)5/h6-8,14H,9-11H2,1-5H3,(H,19,22). The molecule has 2 amide bonds. The van der Waals surface area contributed by atoms with Gasteiger partial charge in [-0.15, -0.1) is 11.8 Å². The van der Waals surface area contributed by atoms with Gasteiger partial charge in [-0.25, -0.2) is 0 Å². The number of hydrogen-bond acceptors (Lipinski definition) is 4. The Morgan fingerprint density at radius 1 is 1.33 bits per heavy atom. The van der Waals surface area contributed by atoms with Crippen molar-refractivity contribution in [1.29, 1.82) is 0 Å². The van der Waals surface area contributed by atoms with Crippen LogP contribution in [0.5, 0.6) is 5.75 Å². The molecule has 1 unspecified atom stereocenters. The third-order valence-electron chi connectivity index (χ3n) is 3.70. The van der Waals surface area contributed by atoms with Crippen LogP contribution < -0.4 is 10.1 Å². The van der Waals surface area contributed by atoms with E-state index in [0.717, 1.165) is 11.1 Å². The van der Waals surface area contributed by atoms with Gasteiger partial charge >= 0.3 is 0 Å². The van der Waals surface area contributed by atoms with Gasteiger partial charge in [-0.1, -0.05) is 12.1 Å². The lowest BCUT2D eigenvalue weighted by Gasteiger charge is -2.27. The van der Waals surface area contributed by atoms with E-state index in [-0.39, 0.29) is 24.0 Å². The normalized spacial score (nSPS) is 17.7. The molecule has 1 fully saturated rings. The second-order valence-corrected chi connectivity index (χ2v) is 8.18. The number of amides is 2. The molecule has 1 aromatic rings. The minimum absolute atomic E-state index is 0.0514. The molecular weight excluding hydrogens is 324 g/mol. The molecule has 0 aliphatic carbocycles. The van der Waals surface area contributed by atoms with Gasteiger partial charge < -0.3 is 15.0 Å². The minimum Gasteiger partial charge on any atom is -0.483 e. The van der Waals surface area contributed by atoms with Gasteiger partial charge in [0.05, 0.1) is 5.88 Å². The summed E-state index contributed by atoms with van der Waals surface area (Å²) in [6.45, 7) is 9.68. The Bertz CT molecular complexity index is 625.